The molecule has 44 heavy (non-hydrogen) atoms. The van der Waals surface area contributed by atoms with Gasteiger partial charge in [-0.1, -0.05) is 43.3 Å². The summed E-state index contributed by atoms with van der Waals surface area (Å²) in [4.78, 5) is 22.7. The fourth-order valence-electron chi connectivity index (χ4n) is 8.68. The third-order valence-electron chi connectivity index (χ3n) is 10.8. The summed E-state index contributed by atoms with van der Waals surface area (Å²) in [6, 6.07) is 17.8. The molecule has 0 unspecified atom stereocenters. The van der Waals surface area contributed by atoms with E-state index in [2.05, 4.69) is 76.9 Å². The van der Waals surface area contributed by atoms with E-state index in [1.54, 1.807) is 0 Å². The highest BCUT2D eigenvalue weighted by Gasteiger charge is 2.43. The maximum atomic E-state index is 5.44. The van der Waals surface area contributed by atoms with Crippen LogP contribution in [0.1, 0.15) is 75.1 Å². The minimum Gasteiger partial charge on any atom is -0.365 e. The van der Waals surface area contributed by atoms with Gasteiger partial charge in [0.15, 0.2) is 0 Å². The molecule has 3 fully saturated rings. The van der Waals surface area contributed by atoms with Gasteiger partial charge >= 0.3 is 0 Å². The molecule has 0 atom stereocenters. The average Bonchev–Trinajstić information content (AvgIpc) is 3.57. The number of pyridine rings is 1. The number of aromatic nitrogens is 1. The van der Waals surface area contributed by atoms with Crippen LogP contribution in [0.15, 0.2) is 76.1 Å². The zero-order chi connectivity index (χ0) is 29.9. The van der Waals surface area contributed by atoms with Crippen molar-refractivity contribution in [3.63, 3.8) is 0 Å². The van der Waals surface area contributed by atoms with Crippen LogP contribution in [0.5, 0.6) is 0 Å². The Hall–Kier alpha value is -3.51. The summed E-state index contributed by atoms with van der Waals surface area (Å²) in [6.07, 6.45) is 13.9. The van der Waals surface area contributed by atoms with Crippen molar-refractivity contribution in [2.45, 2.75) is 83.2 Å². The number of aliphatic imine (C=N–C) groups is 2. The lowest BCUT2D eigenvalue weighted by Gasteiger charge is -2.35. The Bertz CT molecular complexity index is 1560. The number of hydrogen-bond donors (Lipinski definition) is 0. The molecule has 1 aromatic heterocycles. The molecule has 0 aliphatic carbocycles. The standard InChI is InChI=1S/C38H48N6/c1-3-29-11-4-12-30-13-5-16-35(36(29)30)42-26-17-32(37(39-2)43-23-7-15-33-31(27-43)14-6-21-40-33)34(28-42)41-22-8-18-38-19-9-24-44(38)25-10-20-38/h4-6,11-14,16,21H,2-3,7-10,15,17-20,22-28H2,1H3/b37-32+,41-34?. The van der Waals surface area contributed by atoms with Gasteiger partial charge in [0.05, 0.1) is 12.3 Å². The van der Waals surface area contributed by atoms with Crippen molar-refractivity contribution >= 4 is 28.9 Å². The number of aryl methyl sites for hydroxylation is 2. The van der Waals surface area contributed by atoms with E-state index in [0.29, 0.717) is 5.54 Å². The maximum absolute atomic E-state index is 5.44. The Labute approximate surface area is 263 Å². The molecule has 0 amide bonds. The Kier molecular flexibility index (Phi) is 8.53. The SMILES string of the molecule is C=N/C(=C1/CCN(c2cccc3cccc(CC)c23)CC1=NCCCC12CCCN1CCC2)N1CCCc2ncccc2C1. The highest BCUT2D eigenvalue weighted by molar-refractivity contribution is 6.06. The Morgan fingerprint density at radius 2 is 1.77 bits per heavy atom. The molecule has 2 aromatic carbocycles. The fraction of sp³-hybridized carbons (Fsp3) is 0.500. The second kappa shape index (κ2) is 12.8. The molecule has 0 spiro atoms. The highest BCUT2D eigenvalue weighted by Crippen LogP contribution is 2.42. The van der Waals surface area contributed by atoms with Crippen molar-refractivity contribution in [2.24, 2.45) is 9.98 Å². The zero-order valence-electron chi connectivity index (χ0n) is 26.6. The van der Waals surface area contributed by atoms with Gasteiger partial charge in [0.2, 0.25) is 0 Å². The van der Waals surface area contributed by atoms with Gasteiger partial charge < -0.3 is 9.80 Å². The Morgan fingerprint density at radius 1 is 0.932 bits per heavy atom. The predicted molar refractivity (Wildman–Crippen MR) is 184 cm³/mol. The topological polar surface area (TPSA) is 47.3 Å². The van der Waals surface area contributed by atoms with E-state index in [4.69, 9.17) is 15.0 Å². The van der Waals surface area contributed by atoms with E-state index in [0.717, 1.165) is 70.6 Å². The molecule has 0 N–H and O–H groups in total. The van der Waals surface area contributed by atoms with Crippen LogP contribution in [0, 0.1) is 0 Å². The Morgan fingerprint density at radius 3 is 2.59 bits per heavy atom. The van der Waals surface area contributed by atoms with E-state index in [1.807, 2.05) is 6.20 Å². The lowest BCUT2D eigenvalue weighted by atomic mass is 9.89. The normalized spacial score (nSPS) is 22.2. The highest BCUT2D eigenvalue weighted by atomic mass is 15.2. The van der Waals surface area contributed by atoms with Crippen molar-refractivity contribution in [3.05, 3.63) is 82.9 Å². The number of nitrogens with zero attached hydrogens (tertiary/aromatic N) is 6. The number of piperidine rings is 1. The molecule has 4 aliphatic heterocycles. The molecule has 0 saturated carbocycles. The van der Waals surface area contributed by atoms with Crippen molar-refractivity contribution in [2.75, 3.05) is 44.2 Å². The number of benzene rings is 2. The van der Waals surface area contributed by atoms with E-state index in [-0.39, 0.29) is 0 Å². The fourth-order valence-corrected chi connectivity index (χ4v) is 8.68. The summed E-state index contributed by atoms with van der Waals surface area (Å²) in [7, 11) is 0. The monoisotopic (exact) mass is 588 g/mol. The first-order chi connectivity index (χ1) is 21.7. The van der Waals surface area contributed by atoms with Crippen LogP contribution in [-0.4, -0.2) is 72.0 Å². The van der Waals surface area contributed by atoms with Crippen LogP contribution in [0.4, 0.5) is 5.69 Å². The summed E-state index contributed by atoms with van der Waals surface area (Å²) < 4.78 is 0. The van der Waals surface area contributed by atoms with Gasteiger partial charge in [0, 0.05) is 60.3 Å². The van der Waals surface area contributed by atoms with E-state index in [9.17, 15) is 0 Å². The summed E-state index contributed by atoms with van der Waals surface area (Å²) in [5, 5.41) is 2.72. The van der Waals surface area contributed by atoms with Crippen LogP contribution in [0.25, 0.3) is 10.8 Å². The van der Waals surface area contributed by atoms with Gasteiger partial charge in [-0.2, -0.15) is 0 Å². The van der Waals surface area contributed by atoms with Crippen molar-refractivity contribution in [3.8, 4) is 0 Å². The largest absolute Gasteiger partial charge is 0.365 e. The smallest absolute Gasteiger partial charge is 0.133 e. The van der Waals surface area contributed by atoms with Gasteiger partial charge in [-0.3, -0.25) is 14.9 Å². The first-order valence-corrected chi connectivity index (χ1v) is 17.1. The minimum absolute atomic E-state index is 0.457. The number of anilines is 1. The lowest BCUT2D eigenvalue weighted by Crippen LogP contribution is -2.39. The lowest BCUT2D eigenvalue weighted by molar-refractivity contribution is 0.180. The predicted octanol–water partition coefficient (Wildman–Crippen LogP) is 7.22. The van der Waals surface area contributed by atoms with Crippen LogP contribution in [0.3, 0.4) is 0 Å². The molecule has 230 valence electrons. The summed E-state index contributed by atoms with van der Waals surface area (Å²) in [6.45, 7) is 13.4. The maximum Gasteiger partial charge on any atom is 0.133 e. The van der Waals surface area contributed by atoms with Gasteiger partial charge in [-0.05, 0) is 113 Å². The molecule has 7 rings (SSSR count). The molecule has 3 aromatic rings. The third kappa shape index (κ3) is 5.58. The number of rotatable bonds is 8. The van der Waals surface area contributed by atoms with Gasteiger partial charge in [0.25, 0.3) is 0 Å². The molecule has 5 heterocycles. The molecule has 6 heteroatoms. The van der Waals surface area contributed by atoms with Crippen molar-refractivity contribution < 1.29 is 0 Å². The Balaban J connectivity index is 1.20. The van der Waals surface area contributed by atoms with Gasteiger partial charge in [0.1, 0.15) is 5.82 Å². The molecule has 0 radical (unpaired) electrons. The average molecular weight is 589 g/mol. The van der Waals surface area contributed by atoms with Crippen LogP contribution in [-0.2, 0) is 19.4 Å². The van der Waals surface area contributed by atoms with Gasteiger partial charge in [-0.25, -0.2) is 4.99 Å². The molecule has 6 nitrogen and oxygen atoms in total. The molecular weight excluding hydrogens is 540 g/mol. The second-order valence-corrected chi connectivity index (χ2v) is 13.3. The third-order valence-corrected chi connectivity index (χ3v) is 10.8. The van der Waals surface area contributed by atoms with Crippen LogP contribution < -0.4 is 4.90 Å². The van der Waals surface area contributed by atoms with E-state index < -0.39 is 0 Å². The number of hydrogen-bond acceptors (Lipinski definition) is 6. The molecule has 0 bridgehead atoms. The van der Waals surface area contributed by atoms with Crippen LogP contribution >= 0.6 is 0 Å². The first kappa shape index (κ1) is 29.2. The van der Waals surface area contributed by atoms with E-state index >= 15 is 0 Å². The minimum atomic E-state index is 0.457. The van der Waals surface area contributed by atoms with Crippen LogP contribution in [0.2, 0.25) is 0 Å². The zero-order valence-corrected chi connectivity index (χ0v) is 26.6. The summed E-state index contributed by atoms with van der Waals surface area (Å²) in [5.41, 5.74) is 8.23. The van der Waals surface area contributed by atoms with Gasteiger partial charge in [-0.15, -0.1) is 0 Å². The molecule has 3 saturated heterocycles. The van der Waals surface area contributed by atoms with E-state index in [1.165, 1.54) is 89.8 Å². The first-order valence-electron chi connectivity index (χ1n) is 17.1. The van der Waals surface area contributed by atoms with Crippen molar-refractivity contribution in [1.29, 1.82) is 0 Å². The number of fused-ring (bicyclic) bond motifs is 3. The molecular formula is C38H48N6. The quantitative estimate of drug-likeness (QED) is 0.206. The molecule has 4 aliphatic rings. The summed E-state index contributed by atoms with van der Waals surface area (Å²) >= 11 is 0. The van der Waals surface area contributed by atoms with Crippen molar-refractivity contribution in [1.82, 2.24) is 14.8 Å². The summed E-state index contributed by atoms with van der Waals surface area (Å²) in [5.74, 6) is 1.03. The second-order valence-electron chi connectivity index (χ2n) is 13.3.